The van der Waals surface area contributed by atoms with Gasteiger partial charge in [-0.25, -0.2) is 0 Å². The molecule has 0 aromatic rings. The molecule has 88 valence electrons. The molecule has 1 rings (SSSR count). The molecule has 3 heteroatoms. The Morgan fingerprint density at radius 3 is 2.53 bits per heavy atom. The number of carbonyl (C=O) groups is 1. The Morgan fingerprint density at radius 1 is 1.47 bits per heavy atom. The lowest BCUT2D eigenvalue weighted by Gasteiger charge is -2.37. The van der Waals surface area contributed by atoms with Gasteiger partial charge in [0.05, 0.1) is 0 Å². The van der Waals surface area contributed by atoms with Gasteiger partial charge in [0.1, 0.15) is 6.61 Å². The summed E-state index contributed by atoms with van der Waals surface area (Å²) in [5.41, 5.74) is 5.50. The minimum absolute atomic E-state index is 0.207. The van der Waals surface area contributed by atoms with Crippen LogP contribution >= 0.6 is 0 Å². The molecular weight excluding hydrogens is 190 g/mol. The molecule has 0 unspecified atom stereocenters. The average molecular weight is 213 g/mol. The average Bonchev–Trinajstić information content (AvgIpc) is 2.27. The molecule has 0 heterocycles. The minimum Gasteiger partial charge on any atom is -0.374 e. The molecule has 0 aromatic carbocycles. The summed E-state index contributed by atoms with van der Waals surface area (Å²) in [5.74, 6) is 0.948. The van der Waals surface area contributed by atoms with E-state index in [4.69, 9.17) is 10.5 Å². The van der Waals surface area contributed by atoms with E-state index in [0.29, 0.717) is 13.2 Å². The minimum atomic E-state index is -0.276. The van der Waals surface area contributed by atoms with E-state index in [-0.39, 0.29) is 17.8 Å². The van der Waals surface area contributed by atoms with Crippen molar-refractivity contribution >= 4 is 5.78 Å². The van der Waals surface area contributed by atoms with Crippen molar-refractivity contribution in [3.8, 4) is 0 Å². The van der Waals surface area contributed by atoms with Crippen molar-refractivity contribution in [1.82, 2.24) is 0 Å². The van der Waals surface area contributed by atoms with E-state index in [1.54, 1.807) is 0 Å². The standard InChI is InChI=1S/C12H23NO2/c1-3-15-8-11(14)12(9-13)6-4-10(2)5-7-12/h10H,3-9,13H2,1-2H3. The van der Waals surface area contributed by atoms with Crippen LogP contribution in [0, 0.1) is 11.3 Å². The zero-order valence-corrected chi connectivity index (χ0v) is 9.92. The lowest BCUT2D eigenvalue weighted by atomic mass is 9.68. The summed E-state index contributed by atoms with van der Waals surface area (Å²) in [4.78, 5) is 12.0. The maximum atomic E-state index is 12.0. The van der Waals surface area contributed by atoms with E-state index in [2.05, 4.69) is 6.92 Å². The predicted molar refractivity (Wildman–Crippen MR) is 60.6 cm³/mol. The lowest BCUT2D eigenvalue weighted by Crippen LogP contribution is -2.43. The summed E-state index contributed by atoms with van der Waals surface area (Å²) in [6, 6.07) is 0. The van der Waals surface area contributed by atoms with Gasteiger partial charge in [0, 0.05) is 18.6 Å². The van der Waals surface area contributed by atoms with E-state index in [1.807, 2.05) is 6.92 Å². The zero-order chi connectivity index (χ0) is 11.3. The van der Waals surface area contributed by atoms with Crippen LogP contribution in [0.15, 0.2) is 0 Å². The van der Waals surface area contributed by atoms with Crippen molar-refractivity contribution in [3.05, 3.63) is 0 Å². The Kier molecular flexibility index (Phi) is 4.74. The maximum Gasteiger partial charge on any atom is 0.165 e. The highest BCUT2D eigenvalue weighted by Crippen LogP contribution is 2.38. The monoisotopic (exact) mass is 213 g/mol. The maximum absolute atomic E-state index is 12.0. The first-order valence-electron chi connectivity index (χ1n) is 5.95. The highest BCUT2D eigenvalue weighted by Gasteiger charge is 2.39. The molecule has 0 spiro atoms. The lowest BCUT2D eigenvalue weighted by molar-refractivity contribution is -0.135. The number of rotatable bonds is 5. The number of hydrogen-bond acceptors (Lipinski definition) is 3. The highest BCUT2D eigenvalue weighted by atomic mass is 16.5. The van der Waals surface area contributed by atoms with Crippen molar-refractivity contribution < 1.29 is 9.53 Å². The van der Waals surface area contributed by atoms with Crippen LogP contribution in [0.1, 0.15) is 39.5 Å². The summed E-state index contributed by atoms with van der Waals surface area (Å²) in [6.07, 6.45) is 4.12. The smallest absolute Gasteiger partial charge is 0.165 e. The molecule has 0 aliphatic heterocycles. The summed E-state index contributed by atoms with van der Waals surface area (Å²) in [5, 5.41) is 0. The van der Waals surface area contributed by atoms with Crippen LogP contribution in [-0.2, 0) is 9.53 Å². The number of ketones is 1. The summed E-state index contributed by atoms with van der Waals surface area (Å²) < 4.78 is 5.20. The highest BCUT2D eigenvalue weighted by molar-refractivity contribution is 5.86. The largest absolute Gasteiger partial charge is 0.374 e. The van der Waals surface area contributed by atoms with Crippen molar-refractivity contribution in [1.29, 1.82) is 0 Å². The van der Waals surface area contributed by atoms with E-state index < -0.39 is 0 Å². The second-order valence-electron chi connectivity index (χ2n) is 4.73. The van der Waals surface area contributed by atoms with Gasteiger partial charge in [0.25, 0.3) is 0 Å². The van der Waals surface area contributed by atoms with Crippen LogP contribution in [0.5, 0.6) is 0 Å². The van der Waals surface area contributed by atoms with E-state index in [1.165, 1.54) is 0 Å². The number of ether oxygens (including phenoxy) is 1. The number of Topliss-reactive ketones (excluding diaryl/α,β-unsaturated/α-hetero) is 1. The fourth-order valence-electron chi connectivity index (χ4n) is 2.26. The molecule has 1 aliphatic rings. The van der Waals surface area contributed by atoms with Crippen LogP contribution < -0.4 is 5.73 Å². The quantitative estimate of drug-likeness (QED) is 0.757. The Hall–Kier alpha value is -0.410. The van der Waals surface area contributed by atoms with Gasteiger partial charge in [0.15, 0.2) is 5.78 Å². The Bertz CT molecular complexity index is 208. The Balaban J connectivity index is 2.56. The number of carbonyl (C=O) groups excluding carboxylic acids is 1. The van der Waals surface area contributed by atoms with E-state index >= 15 is 0 Å². The first-order valence-corrected chi connectivity index (χ1v) is 5.95. The Morgan fingerprint density at radius 2 is 2.07 bits per heavy atom. The van der Waals surface area contributed by atoms with Gasteiger partial charge in [-0.15, -0.1) is 0 Å². The molecule has 0 atom stereocenters. The fourth-order valence-corrected chi connectivity index (χ4v) is 2.26. The molecule has 1 saturated carbocycles. The third-order valence-corrected chi connectivity index (χ3v) is 3.65. The fraction of sp³-hybridized carbons (Fsp3) is 0.917. The van der Waals surface area contributed by atoms with Gasteiger partial charge in [0.2, 0.25) is 0 Å². The molecule has 1 fully saturated rings. The van der Waals surface area contributed by atoms with Crippen LogP contribution in [0.4, 0.5) is 0 Å². The summed E-state index contributed by atoms with van der Waals surface area (Å²) in [6.45, 7) is 5.47. The summed E-state index contributed by atoms with van der Waals surface area (Å²) >= 11 is 0. The topological polar surface area (TPSA) is 52.3 Å². The molecule has 0 saturated heterocycles. The van der Waals surface area contributed by atoms with Gasteiger partial charge in [-0.05, 0) is 38.5 Å². The third kappa shape index (κ3) is 3.02. The van der Waals surface area contributed by atoms with Crippen molar-refractivity contribution in [2.75, 3.05) is 19.8 Å². The molecule has 2 N–H and O–H groups in total. The molecule has 3 nitrogen and oxygen atoms in total. The molecule has 0 aromatic heterocycles. The van der Waals surface area contributed by atoms with Crippen LogP contribution in [0.3, 0.4) is 0 Å². The van der Waals surface area contributed by atoms with Crippen molar-refractivity contribution in [2.45, 2.75) is 39.5 Å². The SMILES string of the molecule is CCOCC(=O)C1(CN)CCC(C)CC1. The Labute approximate surface area is 92.4 Å². The summed E-state index contributed by atoms with van der Waals surface area (Å²) in [7, 11) is 0. The van der Waals surface area contributed by atoms with E-state index in [0.717, 1.165) is 31.6 Å². The van der Waals surface area contributed by atoms with Gasteiger partial charge >= 0.3 is 0 Å². The van der Waals surface area contributed by atoms with Gasteiger partial charge in [-0.2, -0.15) is 0 Å². The zero-order valence-electron chi connectivity index (χ0n) is 9.92. The molecule has 0 radical (unpaired) electrons. The molecule has 1 aliphatic carbocycles. The van der Waals surface area contributed by atoms with Crippen LogP contribution in [0.25, 0.3) is 0 Å². The first kappa shape index (κ1) is 12.7. The second-order valence-corrected chi connectivity index (χ2v) is 4.73. The number of hydrogen-bond donors (Lipinski definition) is 1. The normalized spacial score (nSPS) is 31.5. The van der Waals surface area contributed by atoms with Crippen molar-refractivity contribution in [2.24, 2.45) is 17.1 Å². The molecule has 0 bridgehead atoms. The molecule has 15 heavy (non-hydrogen) atoms. The van der Waals surface area contributed by atoms with Crippen LogP contribution in [0.2, 0.25) is 0 Å². The molecular formula is C12H23NO2. The van der Waals surface area contributed by atoms with E-state index in [9.17, 15) is 4.79 Å². The first-order chi connectivity index (χ1) is 7.14. The number of nitrogens with two attached hydrogens (primary N) is 1. The second kappa shape index (κ2) is 5.61. The van der Waals surface area contributed by atoms with Gasteiger partial charge < -0.3 is 10.5 Å². The third-order valence-electron chi connectivity index (χ3n) is 3.65. The van der Waals surface area contributed by atoms with Crippen LogP contribution in [-0.4, -0.2) is 25.5 Å². The predicted octanol–water partition coefficient (Wildman–Crippen LogP) is 1.75. The van der Waals surface area contributed by atoms with Gasteiger partial charge in [-0.1, -0.05) is 6.92 Å². The van der Waals surface area contributed by atoms with Gasteiger partial charge in [-0.3, -0.25) is 4.79 Å². The molecule has 0 amide bonds. The van der Waals surface area contributed by atoms with Crippen molar-refractivity contribution in [3.63, 3.8) is 0 Å².